The first-order valence-electron chi connectivity index (χ1n) is 10.4. The molecule has 34 heavy (non-hydrogen) atoms. The maximum Gasteiger partial charge on any atom is 0.266 e. The van der Waals surface area contributed by atoms with E-state index in [-0.39, 0.29) is 23.2 Å². The molecule has 1 saturated heterocycles. The Hall–Kier alpha value is -4.11. The van der Waals surface area contributed by atoms with E-state index in [1.54, 1.807) is 35.2 Å². The Morgan fingerprint density at radius 1 is 1.18 bits per heavy atom. The molecule has 1 aliphatic heterocycles. The Balaban J connectivity index is 1.17. The Labute approximate surface area is 197 Å². The fourth-order valence-electron chi connectivity index (χ4n) is 3.57. The molecule has 1 amide bonds. The molecule has 0 spiro atoms. The van der Waals surface area contributed by atoms with Gasteiger partial charge in [-0.05, 0) is 24.3 Å². The van der Waals surface area contributed by atoms with Gasteiger partial charge < -0.3 is 18.6 Å². The molecule has 1 aliphatic rings. The zero-order chi connectivity index (χ0) is 23.5. The fraction of sp³-hybridized carbons (Fsp3) is 0.227. The molecule has 1 N–H and O–H groups in total. The lowest BCUT2D eigenvalue weighted by Crippen LogP contribution is -2.49. The van der Waals surface area contributed by atoms with Crippen molar-refractivity contribution in [2.75, 3.05) is 36.8 Å². The van der Waals surface area contributed by atoms with Crippen LogP contribution in [0.2, 0.25) is 0 Å². The number of halogens is 1. The summed E-state index contributed by atoms with van der Waals surface area (Å²) in [7, 11) is 0. The van der Waals surface area contributed by atoms with E-state index < -0.39 is 5.82 Å². The van der Waals surface area contributed by atoms with E-state index in [1.165, 1.54) is 24.1 Å². The number of nitrogens with one attached hydrogen (secondary N) is 1. The second kappa shape index (κ2) is 9.40. The lowest BCUT2D eigenvalue weighted by Gasteiger charge is -2.34. The van der Waals surface area contributed by atoms with Crippen LogP contribution < -0.4 is 4.90 Å². The van der Waals surface area contributed by atoms with Gasteiger partial charge in [-0.25, -0.2) is 9.37 Å². The summed E-state index contributed by atoms with van der Waals surface area (Å²) in [5.41, 5.74) is 0.501. The minimum atomic E-state index is -0.397. The molecule has 0 aliphatic carbocycles. The molecule has 0 bridgehead atoms. The highest BCUT2D eigenvalue weighted by Gasteiger charge is 2.27. The normalized spacial score (nSPS) is 13.8. The molecule has 4 heterocycles. The molecule has 0 unspecified atom stereocenters. The predicted molar refractivity (Wildman–Crippen MR) is 120 cm³/mol. The molecule has 1 fully saturated rings. The first kappa shape index (κ1) is 21.7. The first-order valence-corrected chi connectivity index (χ1v) is 11.4. The second-order valence-electron chi connectivity index (χ2n) is 7.36. The van der Waals surface area contributed by atoms with Crippen LogP contribution >= 0.6 is 11.8 Å². The third kappa shape index (κ3) is 4.38. The van der Waals surface area contributed by atoms with Gasteiger partial charge in [0.05, 0.1) is 17.6 Å². The number of anilines is 1. The van der Waals surface area contributed by atoms with E-state index in [0.29, 0.717) is 54.4 Å². The highest BCUT2D eigenvalue weighted by atomic mass is 32.2. The summed E-state index contributed by atoms with van der Waals surface area (Å²) in [4.78, 5) is 24.8. The Morgan fingerprint density at radius 2 is 2.00 bits per heavy atom. The van der Waals surface area contributed by atoms with E-state index in [0.717, 1.165) is 0 Å². The fourth-order valence-corrected chi connectivity index (χ4v) is 4.27. The lowest BCUT2D eigenvalue weighted by atomic mass is 10.2. The number of benzene rings is 1. The number of rotatable bonds is 6. The quantitative estimate of drug-likeness (QED) is 0.415. The summed E-state index contributed by atoms with van der Waals surface area (Å²) >= 11 is 1.19. The van der Waals surface area contributed by atoms with Crippen LogP contribution in [0, 0.1) is 17.1 Å². The standard InChI is InChI=1S/C22H18FN7O3S/c23-15-5-2-1-4-14(15)19-26-22(28-27-19)34-13-18(31)29-7-9-30(10-8-29)21-16(12-24)25-20(33-21)17-6-3-11-32-17/h1-6,11H,7-10,13H2,(H,26,27,28). The topological polar surface area (TPSA) is 128 Å². The first-order chi connectivity index (χ1) is 16.6. The van der Waals surface area contributed by atoms with Gasteiger partial charge in [0.2, 0.25) is 22.6 Å². The number of hydrogen-bond donors (Lipinski definition) is 1. The van der Waals surface area contributed by atoms with E-state index in [4.69, 9.17) is 8.83 Å². The van der Waals surface area contributed by atoms with Crippen molar-refractivity contribution < 1.29 is 18.0 Å². The van der Waals surface area contributed by atoms with Crippen molar-refractivity contribution in [2.45, 2.75) is 5.16 Å². The number of H-pyrrole nitrogens is 1. The van der Waals surface area contributed by atoms with E-state index in [1.807, 2.05) is 4.90 Å². The molecule has 3 aromatic heterocycles. The Morgan fingerprint density at radius 3 is 2.74 bits per heavy atom. The van der Waals surface area contributed by atoms with Crippen LogP contribution in [0.25, 0.3) is 23.0 Å². The van der Waals surface area contributed by atoms with Crippen molar-refractivity contribution in [3.8, 4) is 29.1 Å². The minimum absolute atomic E-state index is 0.0590. The molecule has 0 saturated carbocycles. The van der Waals surface area contributed by atoms with Crippen LogP contribution in [0.15, 0.2) is 56.7 Å². The summed E-state index contributed by atoms with van der Waals surface area (Å²) in [6.07, 6.45) is 1.51. The molecule has 172 valence electrons. The van der Waals surface area contributed by atoms with Crippen LogP contribution in [-0.2, 0) is 4.79 Å². The number of piperazine rings is 1. The third-order valence-corrected chi connectivity index (χ3v) is 6.12. The average Bonchev–Trinajstić information content (AvgIpc) is 3.63. The summed E-state index contributed by atoms with van der Waals surface area (Å²) in [6.45, 7) is 1.93. The van der Waals surface area contributed by atoms with Crippen molar-refractivity contribution >= 4 is 23.6 Å². The van der Waals surface area contributed by atoms with Gasteiger partial charge in [-0.3, -0.25) is 9.89 Å². The number of nitriles is 1. The molecular formula is C22H18FN7O3S. The van der Waals surface area contributed by atoms with Gasteiger partial charge in [0, 0.05) is 26.2 Å². The average molecular weight is 479 g/mol. The van der Waals surface area contributed by atoms with Crippen LogP contribution in [0.4, 0.5) is 10.3 Å². The number of thioether (sulfide) groups is 1. The third-order valence-electron chi connectivity index (χ3n) is 5.29. The number of oxazole rings is 1. The van der Waals surface area contributed by atoms with Crippen molar-refractivity contribution in [3.05, 3.63) is 54.2 Å². The SMILES string of the molecule is N#Cc1nc(-c2ccco2)oc1N1CCN(C(=O)CSc2n[nH]c(-c3ccccc3F)n2)CC1. The number of amides is 1. The largest absolute Gasteiger partial charge is 0.459 e. The molecule has 0 radical (unpaired) electrons. The molecule has 12 heteroatoms. The van der Waals surface area contributed by atoms with Crippen LogP contribution in [0.1, 0.15) is 5.69 Å². The minimum Gasteiger partial charge on any atom is -0.459 e. The molecule has 4 aromatic rings. The molecular weight excluding hydrogens is 461 g/mol. The zero-order valence-electron chi connectivity index (χ0n) is 17.8. The number of nitrogens with zero attached hydrogens (tertiary/aromatic N) is 6. The highest BCUT2D eigenvalue weighted by molar-refractivity contribution is 7.99. The molecule has 0 atom stereocenters. The van der Waals surface area contributed by atoms with Gasteiger partial charge in [-0.15, -0.1) is 5.10 Å². The van der Waals surface area contributed by atoms with Gasteiger partial charge in [0.15, 0.2) is 11.6 Å². The van der Waals surface area contributed by atoms with Crippen LogP contribution in [-0.4, -0.2) is 62.9 Å². The van der Waals surface area contributed by atoms with E-state index >= 15 is 0 Å². The van der Waals surface area contributed by atoms with Crippen molar-refractivity contribution in [3.63, 3.8) is 0 Å². The number of aromatic amines is 1. The van der Waals surface area contributed by atoms with E-state index in [9.17, 15) is 14.4 Å². The predicted octanol–water partition coefficient (Wildman–Crippen LogP) is 3.17. The number of aromatic nitrogens is 4. The van der Waals surface area contributed by atoms with Gasteiger partial charge in [-0.1, -0.05) is 23.9 Å². The number of carbonyl (C=O) groups excluding carboxylic acids is 1. The monoisotopic (exact) mass is 479 g/mol. The van der Waals surface area contributed by atoms with Crippen molar-refractivity contribution in [2.24, 2.45) is 0 Å². The van der Waals surface area contributed by atoms with Crippen LogP contribution in [0.5, 0.6) is 0 Å². The van der Waals surface area contributed by atoms with Gasteiger partial charge in [-0.2, -0.15) is 10.2 Å². The molecule has 1 aromatic carbocycles. The second-order valence-corrected chi connectivity index (χ2v) is 8.31. The highest BCUT2D eigenvalue weighted by Crippen LogP contribution is 2.29. The Kier molecular flexibility index (Phi) is 6.01. The van der Waals surface area contributed by atoms with Gasteiger partial charge in [0.25, 0.3) is 5.89 Å². The summed E-state index contributed by atoms with van der Waals surface area (Å²) in [5.74, 6) is 1.07. The molecule has 5 rings (SSSR count). The van der Waals surface area contributed by atoms with E-state index in [2.05, 4.69) is 26.2 Å². The summed E-state index contributed by atoms with van der Waals surface area (Å²) < 4.78 is 25.0. The van der Waals surface area contributed by atoms with Crippen molar-refractivity contribution in [1.29, 1.82) is 5.26 Å². The molecule has 10 nitrogen and oxygen atoms in total. The maximum atomic E-state index is 13.9. The lowest BCUT2D eigenvalue weighted by molar-refractivity contribution is -0.128. The van der Waals surface area contributed by atoms with Gasteiger partial charge >= 0.3 is 0 Å². The Bertz CT molecular complexity index is 1340. The van der Waals surface area contributed by atoms with Gasteiger partial charge in [0.1, 0.15) is 11.9 Å². The van der Waals surface area contributed by atoms with Crippen LogP contribution in [0.3, 0.4) is 0 Å². The summed E-state index contributed by atoms with van der Waals surface area (Å²) in [6, 6.07) is 11.8. The van der Waals surface area contributed by atoms with Crippen molar-refractivity contribution in [1.82, 2.24) is 25.1 Å². The maximum absolute atomic E-state index is 13.9. The number of carbonyl (C=O) groups is 1. The number of furan rings is 1. The zero-order valence-corrected chi connectivity index (χ0v) is 18.6. The number of hydrogen-bond acceptors (Lipinski definition) is 9. The smallest absolute Gasteiger partial charge is 0.266 e. The summed E-state index contributed by atoms with van der Waals surface area (Å²) in [5, 5.41) is 16.6.